The molecule has 1 aliphatic rings. The molecule has 2 heterocycles. The predicted octanol–water partition coefficient (Wildman–Crippen LogP) is 2.88. The molecule has 1 aliphatic heterocycles. The second-order valence-electron chi connectivity index (χ2n) is 7.12. The molecule has 0 spiro atoms. The summed E-state index contributed by atoms with van der Waals surface area (Å²) in [5, 5.41) is 0. The third-order valence-electron chi connectivity index (χ3n) is 4.63. The van der Waals surface area contributed by atoms with Crippen LogP contribution in [0.4, 0.5) is 0 Å². The van der Waals surface area contributed by atoms with Crippen molar-refractivity contribution in [1.29, 1.82) is 0 Å². The van der Waals surface area contributed by atoms with Gasteiger partial charge in [-0.15, -0.1) is 0 Å². The van der Waals surface area contributed by atoms with Crippen LogP contribution in [0.2, 0.25) is 0 Å². The maximum Gasteiger partial charge on any atom is 0.254 e. The minimum atomic E-state index is -0.00228. The molecule has 1 aromatic carbocycles. The number of benzene rings is 1. The summed E-state index contributed by atoms with van der Waals surface area (Å²) >= 11 is 0. The van der Waals surface area contributed by atoms with Gasteiger partial charge in [-0.1, -0.05) is 26.0 Å². The fourth-order valence-electron chi connectivity index (χ4n) is 3.23. The van der Waals surface area contributed by atoms with Crippen molar-refractivity contribution in [2.75, 3.05) is 26.2 Å². The van der Waals surface area contributed by atoms with Gasteiger partial charge in [-0.25, -0.2) is 0 Å². The Morgan fingerprint density at radius 3 is 1.77 bits per heavy atom. The standard InChI is InChI=1S/C21H25N3O2/c1-16(2)15-17-3-5-18(6-4-17)20(25)23-11-13-24(14-12-23)21(26)19-7-9-22-10-8-19/h3-10,16H,11-15H2,1-2H3. The molecule has 0 unspecified atom stereocenters. The number of carbonyl (C=O) groups excluding carboxylic acids is 2. The van der Waals surface area contributed by atoms with Crippen LogP contribution in [-0.4, -0.2) is 52.8 Å². The second kappa shape index (κ2) is 8.13. The second-order valence-corrected chi connectivity index (χ2v) is 7.12. The van der Waals surface area contributed by atoms with E-state index in [1.54, 1.807) is 29.4 Å². The van der Waals surface area contributed by atoms with Crippen LogP contribution >= 0.6 is 0 Å². The van der Waals surface area contributed by atoms with Crippen molar-refractivity contribution in [2.24, 2.45) is 5.92 Å². The Bertz CT molecular complexity index is 749. The van der Waals surface area contributed by atoms with E-state index in [0.717, 1.165) is 6.42 Å². The lowest BCUT2D eigenvalue weighted by atomic mass is 10.0. The van der Waals surface area contributed by atoms with Gasteiger partial charge >= 0.3 is 0 Å². The van der Waals surface area contributed by atoms with E-state index in [4.69, 9.17) is 0 Å². The first kappa shape index (κ1) is 18.1. The third-order valence-corrected chi connectivity index (χ3v) is 4.63. The van der Waals surface area contributed by atoms with E-state index in [1.165, 1.54) is 5.56 Å². The van der Waals surface area contributed by atoms with Crippen LogP contribution in [0.1, 0.15) is 40.1 Å². The molecule has 0 radical (unpaired) electrons. The van der Waals surface area contributed by atoms with Gasteiger partial charge < -0.3 is 9.80 Å². The number of piperazine rings is 1. The van der Waals surface area contributed by atoms with Gasteiger partial charge in [-0.05, 0) is 42.2 Å². The Morgan fingerprint density at radius 1 is 0.846 bits per heavy atom. The number of carbonyl (C=O) groups is 2. The lowest BCUT2D eigenvalue weighted by molar-refractivity contribution is 0.0535. The van der Waals surface area contributed by atoms with E-state index in [-0.39, 0.29) is 11.8 Å². The zero-order valence-corrected chi connectivity index (χ0v) is 15.4. The van der Waals surface area contributed by atoms with Gasteiger partial charge in [0.05, 0.1) is 0 Å². The largest absolute Gasteiger partial charge is 0.335 e. The van der Waals surface area contributed by atoms with Crippen molar-refractivity contribution in [3.63, 3.8) is 0 Å². The maximum atomic E-state index is 12.7. The summed E-state index contributed by atoms with van der Waals surface area (Å²) in [5.74, 6) is 0.636. The van der Waals surface area contributed by atoms with Crippen LogP contribution in [0.25, 0.3) is 0 Å². The molecular formula is C21H25N3O2. The summed E-state index contributed by atoms with van der Waals surface area (Å²) in [5.41, 5.74) is 2.61. The molecule has 2 amide bonds. The molecule has 5 heteroatoms. The summed E-state index contributed by atoms with van der Waals surface area (Å²) in [6.45, 7) is 6.60. The maximum absolute atomic E-state index is 12.7. The Balaban J connectivity index is 1.57. The number of amides is 2. The smallest absolute Gasteiger partial charge is 0.254 e. The number of aromatic nitrogens is 1. The topological polar surface area (TPSA) is 53.5 Å². The Morgan fingerprint density at radius 2 is 1.31 bits per heavy atom. The van der Waals surface area contributed by atoms with Gasteiger partial charge in [0.1, 0.15) is 0 Å². The van der Waals surface area contributed by atoms with E-state index >= 15 is 0 Å². The fourth-order valence-corrected chi connectivity index (χ4v) is 3.23. The molecule has 136 valence electrons. The summed E-state index contributed by atoms with van der Waals surface area (Å²) in [7, 11) is 0. The molecule has 0 aliphatic carbocycles. The molecule has 0 bridgehead atoms. The van der Waals surface area contributed by atoms with Crippen LogP contribution in [0.3, 0.4) is 0 Å². The van der Waals surface area contributed by atoms with Crippen LogP contribution in [0, 0.1) is 5.92 Å². The molecule has 1 aromatic heterocycles. The Hall–Kier alpha value is -2.69. The van der Waals surface area contributed by atoms with E-state index < -0.39 is 0 Å². The Kier molecular flexibility index (Phi) is 5.66. The molecule has 0 saturated carbocycles. The van der Waals surface area contributed by atoms with Crippen molar-refractivity contribution in [3.05, 3.63) is 65.5 Å². The summed E-state index contributed by atoms with van der Waals surface area (Å²) < 4.78 is 0. The molecule has 2 aromatic rings. The number of hydrogen-bond donors (Lipinski definition) is 0. The number of pyridine rings is 1. The molecule has 26 heavy (non-hydrogen) atoms. The first-order valence-electron chi connectivity index (χ1n) is 9.12. The molecule has 0 atom stereocenters. The fraction of sp³-hybridized carbons (Fsp3) is 0.381. The van der Waals surface area contributed by atoms with Gasteiger partial charge in [-0.3, -0.25) is 14.6 Å². The SMILES string of the molecule is CC(C)Cc1ccc(C(=O)N2CCN(C(=O)c3ccncc3)CC2)cc1. The van der Waals surface area contributed by atoms with Gasteiger partial charge in [0, 0.05) is 49.7 Å². The van der Waals surface area contributed by atoms with Crippen molar-refractivity contribution >= 4 is 11.8 Å². The number of hydrogen-bond acceptors (Lipinski definition) is 3. The molecule has 3 rings (SSSR count). The van der Waals surface area contributed by atoms with Crippen LogP contribution < -0.4 is 0 Å². The minimum Gasteiger partial charge on any atom is -0.335 e. The normalized spacial score (nSPS) is 14.6. The predicted molar refractivity (Wildman–Crippen MR) is 101 cm³/mol. The van der Waals surface area contributed by atoms with Gasteiger partial charge in [-0.2, -0.15) is 0 Å². The van der Waals surface area contributed by atoms with Gasteiger partial charge in [0.15, 0.2) is 0 Å². The summed E-state index contributed by atoms with van der Waals surface area (Å²) in [6.07, 6.45) is 4.26. The highest BCUT2D eigenvalue weighted by atomic mass is 16.2. The zero-order chi connectivity index (χ0) is 18.5. The monoisotopic (exact) mass is 351 g/mol. The van der Waals surface area contributed by atoms with Crippen molar-refractivity contribution < 1.29 is 9.59 Å². The quantitative estimate of drug-likeness (QED) is 0.851. The highest BCUT2D eigenvalue weighted by molar-refractivity contribution is 5.96. The third kappa shape index (κ3) is 4.28. The van der Waals surface area contributed by atoms with Gasteiger partial charge in [0.25, 0.3) is 11.8 Å². The first-order valence-corrected chi connectivity index (χ1v) is 9.12. The lowest BCUT2D eigenvalue weighted by Crippen LogP contribution is -2.50. The van der Waals surface area contributed by atoms with Crippen molar-refractivity contribution in [1.82, 2.24) is 14.8 Å². The highest BCUT2D eigenvalue weighted by Gasteiger charge is 2.25. The van der Waals surface area contributed by atoms with E-state index in [2.05, 4.69) is 18.8 Å². The van der Waals surface area contributed by atoms with Crippen LogP contribution in [0.5, 0.6) is 0 Å². The van der Waals surface area contributed by atoms with Crippen LogP contribution in [-0.2, 0) is 6.42 Å². The minimum absolute atomic E-state index is 0.00228. The van der Waals surface area contributed by atoms with E-state index in [9.17, 15) is 9.59 Å². The molecule has 5 nitrogen and oxygen atoms in total. The molecule has 1 saturated heterocycles. The van der Waals surface area contributed by atoms with E-state index in [0.29, 0.717) is 43.2 Å². The Labute approximate surface area is 154 Å². The number of rotatable bonds is 4. The lowest BCUT2D eigenvalue weighted by Gasteiger charge is -2.34. The molecular weight excluding hydrogens is 326 g/mol. The molecule has 0 N–H and O–H groups in total. The van der Waals surface area contributed by atoms with E-state index in [1.807, 2.05) is 29.2 Å². The first-order chi connectivity index (χ1) is 12.5. The zero-order valence-electron chi connectivity index (χ0n) is 15.4. The summed E-state index contributed by atoms with van der Waals surface area (Å²) in [6, 6.07) is 11.3. The van der Waals surface area contributed by atoms with Gasteiger partial charge in [0.2, 0.25) is 0 Å². The highest BCUT2D eigenvalue weighted by Crippen LogP contribution is 2.14. The molecule has 1 fully saturated rings. The summed E-state index contributed by atoms with van der Waals surface area (Å²) in [4.78, 5) is 32.7. The van der Waals surface area contributed by atoms with Crippen molar-refractivity contribution in [2.45, 2.75) is 20.3 Å². The van der Waals surface area contributed by atoms with Crippen LogP contribution in [0.15, 0.2) is 48.8 Å². The number of nitrogens with zero attached hydrogens (tertiary/aromatic N) is 3. The van der Waals surface area contributed by atoms with Crippen molar-refractivity contribution in [3.8, 4) is 0 Å². The average Bonchev–Trinajstić information content (AvgIpc) is 2.68. The average molecular weight is 351 g/mol.